The van der Waals surface area contributed by atoms with E-state index in [0.717, 1.165) is 11.1 Å². The summed E-state index contributed by atoms with van der Waals surface area (Å²) < 4.78 is 5.34. The lowest BCUT2D eigenvalue weighted by molar-refractivity contribution is 0.0306. The van der Waals surface area contributed by atoms with Crippen molar-refractivity contribution in [2.24, 2.45) is 0 Å². The van der Waals surface area contributed by atoms with E-state index in [0.29, 0.717) is 23.4 Å². The van der Waals surface area contributed by atoms with Crippen molar-refractivity contribution in [3.05, 3.63) is 34.1 Å². The van der Waals surface area contributed by atoms with Gasteiger partial charge in [-0.1, -0.05) is 29.3 Å². The molecule has 0 atom stereocenters. The Morgan fingerprint density at radius 2 is 1.90 bits per heavy atom. The predicted octanol–water partition coefficient (Wildman–Crippen LogP) is 4.02. The van der Waals surface area contributed by atoms with Crippen LogP contribution in [0.5, 0.6) is 0 Å². The van der Waals surface area contributed by atoms with Gasteiger partial charge in [-0.15, -0.1) is 0 Å². The van der Waals surface area contributed by atoms with Gasteiger partial charge in [0, 0.05) is 13.1 Å². The minimum Gasteiger partial charge on any atom is -0.444 e. The second-order valence-electron chi connectivity index (χ2n) is 5.59. The van der Waals surface area contributed by atoms with Gasteiger partial charge in [-0.25, -0.2) is 9.78 Å². The van der Waals surface area contributed by atoms with Crippen LogP contribution in [0.4, 0.5) is 4.79 Å². The minimum absolute atomic E-state index is 0.324. The van der Waals surface area contributed by atoms with Crippen molar-refractivity contribution >= 4 is 34.9 Å². The van der Waals surface area contributed by atoms with E-state index < -0.39 is 5.60 Å². The third kappa shape index (κ3) is 3.87. The first kappa shape index (κ1) is 15.1. The molecule has 0 N–H and O–H groups in total. The second-order valence-corrected chi connectivity index (χ2v) is 6.37. The van der Waals surface area contributed by atoms with Crippen LogP contribution in [0.2, 0.25) is 10.3 Å². The Labute approximate surface area is 128 Å². The van der Waals surface area contributed by atoms with Crippen molar-refractivity contribution in [1.82, 2.24) is 9.88 Å². The molecule has 1 aliphatic heterocycles. The highest BCUT2D eigenvalue weighted by Gasteiger charge is 2.25. The Morgan fingerprint density at radius 3 is 2.45 bits per heavy atom. The molecule has 1 aromatic heterocycles. The van der Waals surface area contributed by atoms with E-state index >= 15 is 0 Å². The molecule has 2 heterocycles. The van der Waals surface area contributed by atoms with Crippen LogP contribution < -0.4 is 0 Å². The Bertz CT molecular complexity index is 545. The summed E-state index contributed by atoms with van der Waals surface area (Å²) in [6.07, 6.45) is 1.64. The van der Waals surface area contributed by atoms with E-state index in [-0.39, 0.29) is 6.09 Å². The molecule has 0 aromatic carbocycles. The maximum absolute atomic E-state index is 12.0. The minimum atomic E-state index is -0.497. The summed E-state index contributed by atoms with van der Waals surface area (Å²) in [6.45, 7) is 6.53. The second kappa shape index (κ2) is 5.62. The van der Waals surface area contributed by atoms with Crippen LogP contribution in [0, 0.1) is 0 Å². The molecule has 0 bridgehead atoms. The summed E-state index contributed by atoms with van der Waals surface area (Å²) in [5.41, 5.74) is 1.37. The Hall–Kier alpha value is -1.26. The fraction of sp³-hybridized carbons (Fsp3) is 0.429. The van der Waals surface area contributed by atoms with E-state index in [1.165, 1.54) is 0 Å². The van der Waals surface area contributed by atoms with Crippen molar-refractivity contribution < 1.29 is 9.53 Å². The topological polar surface area (TPSA) is 42.4 Å². The smallest absolute Gasteiger partial charge is 0.410 e. The third-order valence-electron chi connectivity index (χ3n) is 2.70. The van der Waals surface area contributed by atoms with Gasteiger partial charge in [0.1, 0.15) is 15.9 Å². The lowest BCUT2D eigenvalue weighted by atomic mass is 10.1. The number of pyridine rings is 1. The molecule has 1 amide bonds. The number of ether oxygens (including phenoxy) is 1. The average Bonchev–Trinajstić information content (AvgIpc) is 2.74. The normalized spacial score (nSPS) is 15.2. The molecule has 1 aliphatic rings. The van der Waals surface area contributed by atoms with Gasteiger partial charge in [0.05, 0.1) is 0 Å². The number of carbonyl (C=O) groups is 1. The van der Waals surface area contributed by atoms with Crippen LogP contribution in [0.25, 0.3) is 5.57 Å². The summed E-state index contributed by atoms with van der Waals surface area (Å²) in [5.74, 6) is 0. The van der Waals surface area contributed by atoms with E-state index in [1.807, 2.05) is 26.8 Å². The molecule has 20 heavy (non-hydrogen) atoms. The zero-order valence-corrected chi connectivity index (χ0v) is 13.1. The Balaban J connectivity index is 2.06. The van der Waals surface area contributed by atoms with Gasteiger partial charge in [-0.3, -0.25) is 0 Å². The van der Waals surface area contributed by atoms with Gasteiger partial charge in [0.25, 0.3) is 0 Å². The van der Waals surface area contributed by atoms with Crippen molar-refractivity contribution in [2.75, 3.05) is 13.1 Å². The zero-order valence-electron chi connectivity index (χ0n) is 11.6. The van der Waals surface area contributed by atoms with E-state index in [1.54, 1.807) is 17.0 Å². The molecule has 2 rings (SSSR count). The van der Waals surface area contributed by atoms with Crippen molar-refractivity contribution in [3.63, 3.8) is 0 Å². The monoisotopic (exact) mass is 314 g/mol. The van der Waals surface area contributed by atoms with Crippen LogP contribution in [-0.2, 0) is 4.74 Å². The van der Waals surface area contributed by atoms with Crippen LogP contribution in [0.1, 0.15) is 26.3 Å². The first-order chi connectivity index (χ1) is 9.24. The molecule has 6 heteroatoms. The summed E-state index contributed by atoms with van der Waals surface area (Å²) >= 11 is 11.8. The molecule has 108 valence electrons. The fourth-order valence-corrected chi connectivity index (χ4v) is 2.34. The van der Waals surface area contributed by atoms with Gasteiger partial charge in [0.2, 0.25) is 0 Å². The highest BCUT2D eigenvalue weighted by molar-refractivity contribution is 6.32. The third-order valence-corrected chi connectivity index (χ3v) is 3.09. The van der Waals surface area contributed by atoms with Gasteiger partial charge in [-0.05, 0) is 44.0 Å². The highest BCUT2D eigenvalue weighted by Crippen LogP contribution is 2.26. The standard InChI is InChI=1S/C14H16Cl2N2O2/c1-14(2,3)20-13(19)18-5-4-9(8-18)10-6-11(15)17-12(16)7-10/h4,6-7H,5,8H2,1-3H3. The maximum atomic E-state index is 12.0. The lowest BCUT2D eigenvalue weighted by Gasteiger charge is -2.24. The van der Waals surface area contributed by atoms with Crippen molar-refractivity contribution in [2.45, 2.75) is 26.4 Å². The van der Waals surface area contributed by atoms with Crippen LogP contribution in [0.15, 0.2) is 18.2 Å². The molecule has 0 aliphatic carbocycles. The largest absolute Gasteiger partial charge is 0.444 e. The number of hydrogen-bond donors (Lipinski definition) is 0. The molecule has 0 radical (unpaired) electrons. The quantitative estimate of drug-likeness (QED) is 0.735. The number of halogens is 2. The number of hydrogen-bond acceptors (Lipinski definition) is 3. The van der Waals surface area contributed by atoms with Crippen LogP contribution in [0.3, 0.4) is 0 Å². The summed E-state index contributed by atoms with van der Waals surface area (Å²) in [6, 6.07) is 3.47. The van der Waals surface area contributed by atoms with Crippen LogP contribution in [-0.4, -0.2) is 34.7 Å². The molecule has 1 aromatic rings. The molecule has 0 saturated heterocycles. The summed E-state index contributed by atoms with van der Waals surface area (Å²) in [7, 11) is 0. The summed E-state index contributed by atoms with van der Waals surface area (Å²) in [5, 5.41) is 0.674. The highest BCUT2D eigenvalue weighted by atomic mass is 35.5. The zero-order chi connectivity index (χ0) is 14.9. The molecular weight excluding hydrogens is 299 g/mol. The molecule has 0 spiro atoms. The van der Waals surface area contributed by atoms with Crippen molar-refractivity contribution in [1.29, 1.82) is 0 Å². The maximum Gasteiger partial charge on any atom is 0.410 e. The number of carbonyl (C=O) groups excluding carboxylic acids is 1. The van der Waals surface area contributed by atoms with E-state index in [4.69, 9.17) is 27.9 Å². The van der Waals surface area contributed by atoms with E-state index in [9.17, 15) is 4.79 Å². The number of amides is 1. The van der Waals surface area contributed by atoms with Gasteiger partial charge in [0.15, 0.2) is 0 Å². The van der Waals surface area contributed by atoms with Crippen molar-refractivity contribution in [3.8, 4) is 0 Å². The molecule has 0 fully saturated rings. The Morgan fingerprint density at radius 1 is 1.30 bits per heavy atom. The first-order valence-electron chi connectivity index (χ1n) is 6.25. The number of nitrogens with zero attached hydrogens (tertiary/aromatic N) is 2. The van der Waals surface area contributed by atoms with Crippen LogP contribution >= 0.6 is 23.2 Å². The number of rotatable bonds is 1. The molecule has 4 nitrogen and oxygen atoms in total. The average molecular weight is 315 g/mol. The lowest BCUT2D eigenvalue weighted by Crippen LogP contribution is -2.35. The predicted molar refractivity (Wildman–Crippen MR) is 80.0 cm³/mol. The SMILES string of the molecule is CC(C)(C)OC(=O)N1CC=C(c2cc(Cl)nc(Cl)c2)C1. The van der Waals surface area contributed by atoms with Gasteiger partial charge < -0.3 is 9.64 Å². The molecule has 0 unspecified atom stereocenters. The first-order valence-corrected chi connectivity index (χ1v) is 7.00. The van der Waals surface area contributed by atoms with Gasteiger partial charge >= 0.3 is 6.09 Å². The Kier molecular flexibility index (Phi) is 4.25. The van der Waals surface area contributed by atoms with E-state index in [2.05, 4.69) is 4.98 Å². The molecular formula is C14H16Cl2N2O2. The van der Waals surface area contributed by atoms with Gasteiger partial charge in [-0.2, -0.15) is 0 Å². The molecule has 0 saturated carbocycles. The number of aromatic nitrogens is 1. The summed E-state index contributed by atoms with van der Waals surface area (Å²) in [4.78, 5) is 17.5. The fourth-order valence-electron chi connectivity index (χ4n) is 1.88.